The van der Waals surface area contributed by atoms with Crippen molar-refractivity contribution in [2.24, 2.45) is 0 Å². The molecule has 218 valence electrons. The molecule has 0 bridgehead atoms. The average molecular weight is 809 g/mol. The maximum atomic E-state index is 11.5. The SMILES string of the molecule is O[N](Oc1ccccc1S)[W]([N](O)Oc1ccccc1S)([N](O)Oc1ccccc1S)[N](O)Oc1ccccc1S. The van der Waals surface area contributed by atoms with Gasteiger partial charge in [-0.2, -0.15) is 0 Å². The Morgan fingerprint density at radius 1 is 0.390 bits per heavy atom. The second-order valence-corrected chi connectivity index (χ2v) is 17.6. The van der Waals surface area contributed by atoms with Gasteiger partial charge in [-0.1, -0.05) is 0 Å². The average Bonchev–Trinajstić information content (AvgIpc) is 2.94. The van der Waals surface area contributed by atoms with Gasteiger partial charge >= 0.3 is 263 Å². The third kappa shape index (κ3) is 7.26. The molecule has 0 saturated carbocycles. The molecule has 0 radical (unpaired) electrons. The zero-order chi connectivity index (χ0) is 29.6. The Morgan fingerprint density at radius 3 is 0.780 bits per heavy atom. The van der Waals surface area contributed by atoms with Gasteiger partial charge in [0, 0.05) is 0 Å². The summed E-state index contributed by atoms with van der Waals surface area (Å²) >= 11 is 10.7. The van der Waals surface area contributed by atoms with E-state index in [-0.39, 0.29) is 57.7 Å². The van der Waals surface area contributed by atoms with Gasteiger partial charge in [-0.3, -0.25) is 0 Å². The molecule has 0 aromatic heterocycles. The first kappa shape index (κ1) is 31.8. The van der Waals surface area contributed by atoms with Crippen molar-refractivity contribution in [2.45, 2.75) is 19.6 Å². The van der Waals surface area contributed by atoms with Crippen LogP contribution in [0, 0.1) is 0 Å². The Balaban J connectivity index is 1.86. The molecule has 0 aliphatic rings. The fourth-order valence-electron chi connectivity index (χ4n) is 3.03. The van der Waals surface area contributed by atoms with E-state index in [1.54, 1.807) is 72.8 Å². The van der Waals surface area contributed by atoms with Crippen molar-refractivity contribution in [3.05, 3.63) is 97.1 Å². The first-order chi connectivity index (χ1) is 19.6. The summed E-state index contributed by atoms with van der Waals surface area (Å²) in [6.07, 6.45) is 0. The van der Waals surface area contributed by atoms with E-state index in [0.717, 1.165) is 0 Å². The molecule has 12 nitrogen and oxygen atoms in total. The van der Waals surface area contributed by atoms with Crippen LogP contribution in [-0.4, -0.2) is 36.0 Å². The van der Waals surface area contributed by atoms with Gasteiger partial charge in [0.2, 0.25) is 0 Å². The Hall–Kier alpha value is -2.15. The van der Waals surface area contributed by atoms with Crippen LogP contribution in [0.4, 0.5) is 0 Å². The minimum absolute atomic E-state index is 0.00849. The molecule has 0 saturated heterocycles. The molecule has 41 heavy (non-hydrogen) atoms. The summed E-state index contributed by atoms with van der Waals surface area (Å²) in [5.41, 5.74) is 0. The number of rotatable bonds is 12. The van der Waals surface area contributed by atoms with E-state index in [2.05, 4.69) is 50.5 Å². The summed E-state index contributed by atoms with van der Waals surface area (Å²) in [6.45, 7) is 0. The molecule has 4 aromatic carbocycles. The van der Waals surface area contributed by atoms with Crippen LogP contribution in [0.5, 0.6) is 23.0 Å². The van der Waals surface area contributed by atoms with Crippen LogP contribution >= 0.6 is 50.5 Å². The maximum absolute atomic E-state index is 11.5. The third-order valence-electron chi connectivity index (χ3n) is 5.00. The molecule has 0 aliphatic heterocycles. The standard InChI is InChI=1S/4C6H6NO2S.W/c4*8-7-9-5-3-1-2-4-6(5)10;/h4*1-4,8,10H;/q4*-1;+4. The number of para-hydroxylation sites is 4. The summed E-state index contributed by atoms with van der Waals surface area (Å²) in [7, 11) is 0. The van der Waals surface area contributed by atoms with Crippen LogP contribution in [-0.2, 0) is 17.1 Å². The molecule has 0 amide bonds. The van der Waals surface area contributed by atoms with Crippen LogP contribution in [0.1, 0.15) is 0 Å². The van der Waals surface area contributed by atoms with Gasteiger partial charge in [0.05, 0.1) is 0 Å². The second-order valence-electron chi connectivity index (χ2n) is 7.68. The molecule has 0 heterocycles. The van der Waals surface area contributed by atoms with E-state index in [4.69, 9.17) is 19.4 Å². The molecule has 17 heteroatoms. The minimum atomic E-state index is -6.58. The Morgan fingerprint density at radius 2 is 0.585 bits per heavy atom. The van der Waals surface area contributed by atoms with Gasteiger partial charge in [0.1, 0.15) is 0 Å². The quantitative estimate of drug-likeness (QED) is 0.0661. The predicted octanol–water partition coefficient (Wildman–Crippen LogP) is 5.70. The van der Waals surface area contributed by atoms with E-state index < -0.39 is 17.1 Å². The van der Waals surface area contributed by atoms with E-state index in [1.807, 2.05) is 0 Å². The van der Waals surface area contributed by atoms with Crippen molar-refractivity contribution in [3.8, 4) is 23.0 Å². The van der Waals surface area contributed by atoms with E-state index in [0.29, 0.717) is 0 Å². The van der Waals surface area contributed by atoms with E-state index in [1.165, 1.54) is 24.3 Å². The number of nitrogens with zero attached hydrogens (tertiary/aromatic N) is 4. The number of benzene rings is 4. The summed E-state index contributed by atoms with van der Waals surface area (Å²) in [4.78, 5) is 23.4. The van der Waals surface area contributed by atoms with Crippen LogP contribution < -0.4 is 19.4 Å². The molecular weight excluding hydrogens is 784 g/mol. The number of thiol groups is 4. The van der Waals surface area contributed by atoms with Crippen molar-refractivity contribution in [1.82, 2.24) is 15.1 Å². The van der Waals surface area contributed by atoms with Crippen molar-refractivity contribution in [1.29, 1.82) is 0 Å². The molecule has 4 rings (SSSR count). The van der Waals surface area contributed by atoms with Gasteiger partial charge in [-0.15, -0.1) is 0 Å². The summed E-state index contributed by atoms with van der Waals surface area (Å²) in [6, 6.07) is 24.9. The second kappa shape index (κ2) is 14.3. The Kier molecular flexibility index (Phi) is 11.1. The summed E-state index contributed by atoms with van der Waals surface area (Å²) in [5, 5.41) is 45.8. The van der Waals surface area contributed by atoms with E-state index >= 15 is 0 Å². The van der Waals surface area contributed by atoms with Crippen LogP contribution in [0.3, 0.4) is 0 Å². The zero-order valence-electron chi connectivity index (χ0n) is 20.6. The van der Waals surface area contributed by atoms with E-state index in [9.17, 15) is 20.8 Å². The number of hydrogen-bond acceptors (Lipinski definition) is 16. The molecule has 0 fully saturated rings. The monoisotopic (exact) mass is 808 g/mol. The van der Waals surface area contributed by atoms with Crippen molar-refractivity contribution >= 4 is 50.5 Å². The first-order valence-corrected chi connectivity index (χ1v) is 18.3. The molecule has 0 unspecified atom stereocenters. The van der Waals surface area contributed by atoms with Crippen molar-refractivity contribution in [3.63, 3.8) is 0 Å². The van der Waals surface area contributed by atoms with Crippen LogP contribution in [0.15, 0.2) is 117 Å². The van der Waals surface area contributed by atoms with Crippen LogP contribution in [0.2, 0.25) is 0 Å². The fourth-order valence-corrected chi connectivity index (χ4v) is 9.01. The van der Waals surface area contributed by atoms with Crippen LogP contribution in [0.25, 0.3) is 0 Å². The van der Waals surface area contributed by atoms with Gasteiger partial charge < -0.3 is 0 Å². The van der Waals surface area contributed by atoms with Gasteiger partial charge in [-0.05, 0) is 0 Å². The normalized spacial score (nSPS) is 12.2. The number of hydrogen-bond donors (Lipinski definition) is 8. The van der Waals surface area contributed by atoms with Crippen molar-refractivity contribution < 1.29 is 57.2 Å². The third-order valence-corrected chi connectivity index (χ3v) is 13.6. The molecule has 0 atom stereocenters. The van der Waals surface area contributed by atoms with Gasteiger partial charge in [0.25, 0.3) is 0 Å². The molecule has 0 spiro atoms. The predicted molar refractivity (Wildman–Crippen MR) is 152 cm³/mol. The summed E-state index contributed by atoms with van der Waals surface area (Å²) in [5.74, 6) is -0.137. The Labute approximate surface area is 261 Å². The van der Waals surface area contributed by atoms with Gasteiger partial charge in [0.15, 0.2) is 0 Å². The topological polar surface area (TPSA) is 131 Å². The van der Waals surface area contributed by atoms with Gasteiger partial charge in [-0.25, -0.2) is 0 Å². The molecule has 0 aliphatic carbocycles. The fraction of sp³-hybridized carbons (Fsp3) is 0. The molecule has 4 N–H and O–H groups in total. The molecular formula is C24H24N4O8S4W. The molecule has 4 aromatic rings. The Bertz CT molecular complexity index is 1260. The summed E-state index contributed by atoms with van der Waals surface area (Å²) < 4.78 is -0.0339. The first-order valence-electron chi connectivity index (χ1n) is 11.3. The van der Waals surface area contributed by atoms with Crippen molar-refractivity contribution in [2.75, 3.05) is 0 Å². The zero-order valence-corrected chi connectivity index (χ0v) is 27.2.